The van der Waals surface area contributed by atoms with Crippen LogP contribution in [0.1, 0.15) is 91.0 Å². The number of nitrogens with one attached hydrogen (secondary N) is 3. The summed E-state index contributed by atoms with van der Waals surface area (Å²) in [5.41, 5.74) is 19.6. The predicted molar refractivity (Wildman–Crippen MR) is 269 cm³/mol. The highest BCUT2D eigenvalue weighted by molar-refractivity contribution is 6.10. The Kier molecular flexibility index (Phi) is 20.5. The summed E-state index contributed by atoms with van der Waals surface area (Å²) in [6, 6.07) is 32.1. The maximum Gasteiger partial charge on any atom is 0.258 e. The van der Waals surface area contributed by atoms with Crippen LogP contribution in [0.5, 0.6) is 11.5 Å². The first-order valence-corrected chi connectivity index (χ1v) is 23.8. The van der Waals surface area contributed by atoms with Crippen molar-refractivity contribution >= 4 is 51.0 Å². The van der Waals surface area contributed by atoms with E-state index in [0.29, 0.717) is 76.4 Å². The smallest absolute Gasteiger partial charge is 0.258 e. The van der Waals surface area contributed by atoms with Crippen molar-refractivity contribution in [3.63, 3.8) is 0 Å². The lowest BCUT2D eigenvalue weighted by molar-refractivity contribution is -0.132. The fourth-order valence-electron chi connectivity index (χ4n) is 8.19. The van der Waals surface area contributed by atoms with Crippen LogP contribution in [0.2, 0.25) is 0 Å². The Morgan fingerprint density at radius 1 is 0.627 bits per heavy atom. The third-order valence-electron chi connectivity index (χ3n) is 11.8. The summed E-state index contributed by atoms with van der Waals surface area (Å²) in [6.07, 6.45) is 4.03. The summed E-state index contributed by atoms with van der Waals surface area (Å²) in [5, 5.41) is 12.9. The van der Waals surface area contributed by atoms with Crippen LogP contribution in [0.25, 0.3) is 32.7 Å². The number of nitrogens with zero attached hydrogens (tertiary/aromatic N) is 1. The van der Waals surface area contributed by atoms with E-state index < -0.39 is 23.9 Å². The molecular weight excluding hydrogens is 843 g/mol. The molecule has 3 atom stereocenters. The molecule has 5 aromatic carbocycles. The lowest BCUT2D eigenvalue weighted by Gasteiger charge is -2.24. The number of unbranched alkanes of at least 4 members (excludes halogenated alkanes) is 1. The van der Waals surface area contributed by atoms with Crippen LogP contribution in [-0.4, -0.2) is 67.9 Å². The molecule has 0 saturated carbocycles. The first-order chi connectivity index (χ1) is 32.3. The number of rotatable bonds is 28. The van der Waals surface area contributed by atoms with Crippen molar-refractivity contribution < 1.29 is 28.7 Å². The van der Waals surface area contributed by atoms with Crippen LogP contribution in [0.15, 0.2) is 108 Å². The fourth-order valence-corrected chi connectivity index (χ4v) is 8.19. The second-order valence-electron chi connectivity index (χ2n) is 18.1. The van der Waals surface area contributed by atoms with E-state index in [0.717, 1.165) is 50.4 Å². The van der Waals surface area contributed by atoms with E-state index in [-0.39, 0.29) is 48.9 Å². The molecule has 358 valence electrons. The summed E-state index contributed by atoms with van der Waals surface area (Å²) in [7, 11) is 0. The normalized spacial score (nSPS) is 12.6. The van der Waals surface area contributed by atoms with Crippen LogP contribution in [0, 0.1) is 17.8 Å². The third kappa shape index (κ3) is 16.1. The molecule has 0 unspecified atom stereocenters. The van der Waals surface area contributed by atoms with Crippen LogP contribution in [0.4, 0.5) is 0 Å². The zero-order chi connectivity index (χ0) is 48.1. The molecule has 13 heteroatoms. The van der Waals surface area contributed by atoms with Gasteiger partial charge in [0, 0.05) is 36.6 Å². The molecule has 0 fully saturated rings. The van der Waals surface area contributed by atoms with Crippen molar-refractivity contribution in [2.24, 2.45) is 39.9 Å². The minimum absolute atomic E-state index is 0.0132. The lowest BCUT2D eigenvalue weighted by Crippen LogP contribution is -2.49. The molecule has 0 spiro atoms. The average Bonchev–Trinajstić information content (AvgIpc) is 3.31. The van der Waals surface area contributed by atoms with Gasteiger partial charge in [-0.25, -0.2) is 0 Å². The van der Waals surface area contributed by atoms with Crippen LogP contribution >= 0.6 is 0 Å². The van der Waals surface area contributed by atoms with E-state index in [1.165, 1.54) is 0 Å². The van der Waals surface area contributed by atoms with Gasteiger partial charge >= 0.3 is 0 Å². The molecule has 3 amide bonds. The molecule has 5 aromatic rings. The molecule has 0 aromatic heterocycles. The zero-order valence-electron chi connectivity index (χ0n) is 39.7. The largest absolute Gasteiger partial charge is 0.493 e. The maximum absolute atomic E-state index is 14.1. The van der Waals surface area contributed by atoms with Gasteiger partial charge in [0.2, 0.25) is 11.8 Å². The van der Waals surface area contributed by atoms with Gasteiger partial charge in [-0.15, -0.1) is 0 Å². The van der Waals surface area contributed by atoms with Gasteiger partial charge < -0.3 is 42.6 Å². The van der Waals surface area contributed by atoms with E-state index >= 15 is 0 Å². The highest BCUT2D eigenvalue weighted by Gasteiger charge is 2.29. The SMILES string of the molecule is CC(C)CCOc1ccc2ccccc2c1-c1c(OCC(=O)N[C@H](CCCCN)C(=O)CC[C@H](CCCN=C(N)N)C(=O)N[C@@H](CC(C)C)C(=O)NCc2ccccc2)ccc2ccccc12. The Balaban J connectivity index is 1.33. The number of Topliss-reactive ketones (excluding diaryl/α,β-unsaturated/α-hetero) is 1. The summed E-state index contributed by atoms with van der Waals surface area (Å²) in [6.45, 7) is 9.57. The monoisotopic (exact) mass is 914 g/mol. The van der Waals surface area contributed by atoms with Gasteiger partial charge in [-0.2, -0.15) is 0 Å². The molecule has 0 aliphatic rings. The van der Waals surface area contributed by atoms with Crippen molar-refractivity contribution in [3.05, 3.63) is 109 Å². The quantitative estimate of drug-likeness (QED) is 0.0163. The molecule has 0 radical (unpaired) electrons. The number of nitrogens with two attached hydrogens (primary N) is 3. The summed E-state index contributed by atoms with van der Waals surface area (Å²) in [4.78, 5) is 59.6. The highest BCUT2D eigenvalue weighted by Crippen LogP contribution is 2.45. The second-order valence-corrected chi connectivity index (χ2v) is 18.1. The molecule has 0 heterocycles. The minimum atomic E-state index is -0.833. The van der Waals surface area contributed by atoms with E-state index in [1.54, 1.807) is 0 Å². The molecule has 67 heavy (non-hydrogen) atoms. The number of ketones is 1. The van der Waals surface area contributed by atoms with E-state index in [2.05, 4.69) is 53.0 Å². The van der Waals surface area contributed by atoms with Crippen LogP contribution in [0.3, 0.4) is 0 Å². The van der Waals surface area contributed by atoms with Crippen molar-refractivity contribution in [2.75, 3.05) is 26.3 Å². The minimum Gasteiger partial charge on any atom is -0.493 e. The van der Waals surface area contributed by atoms with Crippen molar-refractivity contribution in [2.45, 2.75) is 104 Å². The fraction of sp³-hybridized carbons (Fsp3) is 0.426. The van der Waals surface area contributed by atoms with E-state index in [1.807, 2.05) is 98.8 Å². The van der Waals surface area contributed by atoms with Gasteiger partial charge in [-0.3, -0.25) is 24.2 Å². The van der Waals surface area contributed by atoms with Crippen molar-refractivity contribution in [1.29, 1.82) is 0 Å². The number of hydrogen-bond donors (Lipinski definition) is 6. The molecule has 13 nitrogen and oxygen atoms in total. The van der Waals surface area contributed by atoms with Gasteiger partial charge in [-0.05, 0) is 109 Å². The summed E-state index contributed by atoms with van der Waals surface area (Å²) in [5.74, 6) is -0.153. The van der Waals surface area contributed by atoms with Gasteiger partial charge in [0.25, 0.3) is 5.91 Å². The molecular formula is C54H71N7O6. The number of guanidine groups is 1. The van der Waals surface area contributed by atoms with E-state index in [9.17, 15) is 19.2 Å². The number of ether oxygens (including phenoxy) is 2. The molecule has 0 bridgehead atoms. The predicted octanol–water partition coefficient (Wildman–Crippen LogP) is 7.94. The third-order valence-corrected chi connectivity index (χ3v) is 11.8. The molecule has 0 aliphatic heterocycles. The zero-order valence-corrected chi connectivity index (χ0v) is 39.7. The number of aliphatic imine (C=N–C) groups is 1. The van der Waals surface area contributed by atoms with Gasteiger partial charge in [-0.1, -0.05) is 119 Å². The Hall–Kier alpha value is -6.47. The van der Waals surface area contributed by atoms with Crippen LogP contribution in [-0.2, 0) is 25.7 Å². The number of fused-ring (bicyclic) bond motifs is 2. The Labute approximate surface area is 396 Å². The number of hydrogen-bond acceptors (Lipinski definition) is 8. The Bertz CT molecular complexity index is 2420. The second kappa shape index (κ2) is 26.6. The summed E-state index contributed by atoms with van der Waals surface area (Å²) >= 11 is 0. The lowest BCUT2D eigenvalue weighted by atomic mass is 9.92. The first-order valence-electron chi connectivity index (χ1n) is 23.8. The van der Waals surface area contributed by atoms with Crippen molar-refractivity contribution in [1.82, 2.24) is 16.0 Å². The first kappa shape index (κ1) is 51.5. The summed E-state index contributed by atoms with van der Waals surface area (Å²) < 4.78 is 12.9. The van der Waals surface area contributed by atoms with E-state index in [4.69, 9.17) is 26.7 Å². The molecule has 0 aliphatic carbocycles. The van der Waals surface area contributed by atoms with Gasteiger partial charge in [0.1, 0.15) is 17.5 Å². The highest BCUT2D eigenvalue weighted by atomic mass is 16.5. The topological polar surface area (TPSA) is 213 Å². The Morgan fingerprint density at radius 3 is 1.87 bits per heavy atom. The number of benzene rings is 5. The Morgan fingerprint density at radius 2 is 1.25 bits per heavy atom. The molecule has 0 saturated heterocycles. The maximum atomic E-state index is 14.1. The molecule has 5 rings (SSSR count). The van der Waals surface area contributed by atoms with Crippen LogP contribution < -0.4 is 42.6 Å². The average molecular weight is 914 g/mol. The van der Waals surface area contributed by atoms with Gasteiger partial charge in [0.15, 0.2) is 18.3 Å². The number of carbonyl (C=O) groups excluding carboxylic acids is 4. The van der Waals surface area contributed by atoms with Crippen molar-refractivity contribution in [3.8, 4) is 22.6 Å². The standard InChI is InChI=1S/C54H71N7O6/c1-36(2)29-32-66-47-27-24-39-17-8-10-20-42(39)50(47)51-43-21-11-9-18-40(43)25-28-48(51)67-35-49(63)60-44(22-12-13-30-55)46(62)26-23-41(19-14-31-58-54(56)57)52(64)61-45(33-37(3)4)53(65)59-34-38-15-6-5-7-16-38/h5-11,15-18,20-21,24-25,27-28,36-37,41,44-45H,12-14,19,22-23,26,29-35,55H2,1-4H3,(H,59,65)(H,60,63)(H,61,64)(H4,56,57,58)/t41-,44+,45-/m0/s1. The number of carbonyl (C=O) groups is 4. The van der Waals surface area contributed by atoms with Gasteiger partial charge in [0.05, 0.1) is 12.6 Å². The molecule has 9 N–H and O–H groups in total. The number of amides is 3.